The fraction of sp³-hybridized carbons (Fsp3) is 0.381. The van der Waals surface area contributed by atoms with Gasteiger partial charge in [0.1, 0.15) is 34.4 Å². The number of fused-ring (bicyclic) bond motifs is 1. The summed E-state index contributed by atoms with van der Waals surface area (Å²) >= 11 is 9.55. The monoisotopic (exact) mass is 547 g/mol. The van der Waals surface area contributed by atoms with E-state index in [1.807, 2.05) is 30.3 Å². The molecule has 0 saturated carbocycles. The highest BCUT2D eigenvalue weighted by Crippen LogP contribution is 2.40. The van der Waals surface area contributed by atoms with Crippen molar-refractivity contribution in [1.29, 1.82) is 0 Å². The van der Waals surface area contributed by atoms with Gasteiger partial charge in [-0.2, -0.15) is 5.10 Å². The highest BCUT2D eigenvalue weighted by molar-refractivity contribution is 9.10. The molecule has 0 bridgehead atoms. The Morgan fingerprint density at radius 1 is 1.29 bits per heavy atom. The van der Waals surface area contributed by atoms with Gasteiger partial charge in [-0.1, -0.05) is 47.0 Å². The van der Waals surface area contributed by atoms with Gasteiger partial charge in [0.2, 0.25) is 0 Å². The maximum Gasteiger partial charge on any atom is 0.184 e. The lowest BCUT2D eigenvalue weighted by molar-refractivity contribution is -0.309. The standard InChI is InChI=1S/C21H19BrClN7O4/c1-10-26-20(30(28-10)13-7-12(23)8-25-19(13)22)18-16(31)15(27-29-24)17-14(33-18)9-32-21(34-17)11-5-3-2-4-6-11/h2-8,14-18,21,31H,9H2,1H3/t14?,15-,16?,17+,18-,21?/m1/s1. The molecule has 1 N–H and O–H groups in total. The number of hydrogen-bond acceptors (Lipinski definition) is 8. The predicted molar refractivity (Wildman–Crippen MR) is 123 cm³/mol. The Bertz CT molecular complexity index is 1240. The molecular weight excluding hydrogens is 530 g/mol. The zero-order valence-electron chi connectivity index (χ0n) is 17.8. The molecule has 2 fully saturated rings. The van der Waals surface area contributed by atoms with Crippen LogP contribution in [0.3, 0.4) is 0 Å². The molecule has 0 amide bonds. The maximum atomic E-state index is 11.3. The molecule has 2 aliphatic rings. The van der Waals surface area contributed by atoms with Crippen LogP contribution in [-0.2, 0) is 14.2 Å². The molecule has 11 nitrogen and oxygen atoms in total. The van der Waals surface area contributed by atoms with E-state index in [2.05, 4.69) is 41.0 Å². The summed E-state index contributed by atoms with van der Waals surface area (Å²) in [6.07, 6.45) is -2.77. The lowest BCUT2D eigenvalue weighted by Gasteiger charge is -2.46. The van der Waals surface area contributed by atoms with Gasteiger partial charge in [-0.3, -0.25) is 0 Å². The number of ether oxygens (including phenoxy) is 3. The minimum Gasteiger partial charge on any atom is -0.389 e. The van der Waals surface area contributed by atoms with Gasteiger partial charge in [-0.25, -0.2) is 14.6 Å². The van der Waals surface area contributed by atoms with E-state index in [-0.39, 0.29) is 6.61 Å². The van der Waals surface area contributed by atoms with Crippen LogP contribution in [0.4, 0.5) is 0 Å². The summed E-state index contributed by atoms with van der Waals surface area (Å²) in [4.78, 5) is 11.6. The Morgan fingerprint density at radius 2 is 2.09 bits per heavy atom. The first-order chi connectivity index (χ1) is 16.5. The second kappa shape index (κ2) is 9.59. The first kappa shape index (κ1) is 23.2. The summed E-state index contributed by atoms with van der Waals surface area (Å²) in [6.45, 7) is 1.88. The third-order valence-corrected chi connectivity index (χ3v) is 6.46. The zero-order valence-corrected chi connectivity index (χ0v) is 20.1. The highest BCUT2D eigenvalue weighted by atomic mass is 79.9. The normalized spacial score (nSPS) is 28.7. The number of aryl methyl sites for hydroxylation is 1. The number of rotatable bonds is 4. The van der Waals surface area contributed by atoms with E-state index in [1.165, 1.54) is 10.9 Å². The Kier molecular flexibility index (Phi) is 6.54. The molecule has 0 radical (unpaired) electrons. The van der Waals surface area contributed by atoms with Crippen LogP contribution < -0.4 is 0 Å². The molecule has 2 aromatic heterocycles. The van der Waals surface area contributed by atoms with Crippen molar-refractivity contribution in [3.8, 4) is 5.69 Å². The summed E-state index contributed by atoms with van der Waals surface area (Å²) in [5.74, 6) is 0.747. The van der Waals surface area contributed by atoms with E-state index >= 15 is 0 Å². The van der Waals surface area contributed by atoms with Crippen LogP contribution in [-0.4, -0.2) is 55.8 Å². The Labute approximate surface area is 207 Å². The van der Waals surface area contributed by atoms with Gasteiger partial charge in [0, 0.05) is 16.7 Å². The Hall–Kier alpha value is -2.57. The lowest BCUT2D eigenvalue weighted by Crippen LogP contribution is -2.58. The fourth-order valence-electron chi connectivity index (χ4n) is 4.15. The zero-order chi connectivity index (χ0) is 23.8. The summed E-state index contributed by atoms with van der Waals surface area (Å²) < 4.78 is 20.2. The lowest BCUT2D eigenvalue weighted by atomic mass is 9.91. The van der Waals surface area contributed by atoms with Crippen molar-refractivity contribution in [3.05, 3.63) is 79.9 Å². The van der Waals surface area contributed by atoms with Crippen molar-refractivity contribution in [2.75, 3.05) is 6.61 Å². The largest absolute Gasteiger partial charge is 0.389 e. The first-order valence-corrected chi connectivity index (χ1v) is 11.6. The Morgan fingerprint density at radius 3 is 2.85 bits per heavy atom. The number of pyridine rings is 1. The molecule has 6 atom stereocenters. The van der Waals surface area contributed by atoms with Gasteiger partial charge in [0.15, 0.2) is 12.1 Å². The van der Waals surface area contributed by atoms with Crippen molar-refractivity contribution < 1.29 is 19.3 Å². The minimum atomic E-state index is -1.26. The van der Waals surface area contributed by atoms with Gasteiger partial charge >= 0.3 is 0 Å². The SMILES string of the molecule is Cc1nc([C@@H]2OC3COC(c4ccccc4)O[C@@H]3[C@H](N=[N+]=[N-])C2O)n(-c2cc(Cl)cnc2Br)n1. The number of halogens is 2. The van der Waals surface area contributed by atoms with E-state index < -0.39 is 36.7 Å². The predicted octanol–water partition coefficient (Wildman–Crippen LogP) is 3.98. The third kappa shape index (κ3) is 4.29. The third-order valence-electron chi connectivity index (χ3n) is 5.64. The van der Waals surface area contributed by atoms with Crippen LogP contribution in [0.25, 0.3) is 16.1 Å². The molecule has 2 aliphatic heterocycles. The van der Waals surface area contributed by atoms with E-state index in [0.717, 1.165) is 5.56 Å². The van der Waals surface area contributed by atoms with Gasteiger partial charge in [0.05, 0.1) is 23.8 Å². The van der Waals surface area contributed by atoms with Crippen LogP contribution in [0.15, 0.2) is 52.3 Å². The minimum absolute atomic E-state index is 0.167. The molecule has 1 aromatic carbocycles. The molecule has 5 rings (SSSR count). The number of azide groups is 1. The number of nitrogens with zero attached hydrogens (tertiary/aromatic N) is 7. The summed E-state index contributed by atoms with van der Waals surface area (Å²) in [5, 5.41) is 20.0. The van der Waals surface area contributed by atoms with Crippen molar-refractivity contribution in [3.63, 3.8) is 0 Å². The topological polar surface area (TPSA) is 140 Å². The van der Waals surface area contributed by atoms with Crippen molar-refractivity contribution in [2.24, 2.45) is 5.11 Å². The number of benzene rings is 1. The van der Waals surface area contributed by atoms with Crippen LogP contribution in [0.2, 0.25) is 5.02 Å². The number of hydrogen-bond donors (Lipinski definition) is 1. The van der Waals surface area contributed by atoms with Crippen LogP contribution >= 0.6 is 27.5 Å². The molecule has 176 valence electrons. The van der Waals surface area contributed by atoms with Crippen LogP contribution in [0.1, 0.15) is 29.6 Å². The number of aliphatic hydroxyl groups is 1. The molecule has 0 spiro atoms. The molecule has 13 heteroatoms. The van der Waals surface area contributed by atoms with Crippen LogP contribution in [0, 0.1) is 6.92 Å². The summed E-state index contributed by atoms with van der Waals surface area (Å²) in [5.41, 5.74) is 10.6. The van der Waals surface area contributed by atoms with Gasteiger partial charge in [-0.05, 0) is 34.5 Å². The van der Waals surface area contributed by atoms with Gasteiger partial charge in [0.25, 0.3) is 0 Å². The fourth-order valence-corrected chi connectivity index (χ4v) is 4.69. The second-order valence-corrected chi connectivity index (χ2v) is 9.04. The van der Waals surface area contributed by atoms with E-state index in [9.17, 15) is 10.6 Å². The number of aliphatic hydroxyl groups excluding tert-OH is 1. The van der Waals surface area contributed by atoms with Crippen LogP contribution in [0.5, 0.6) is 0 Å². The average Bonchev–Trinajstić information content (AvgIpc) is 3.23. The van der Waals surface area contributed by atoms with Gasteiger partial charge in [-0.15, -0.1) is 0 Å². The molecule has 3 aromatic rings. The smallest absolute Gasteiger partial charge is 0.184 e. The van der Waals surface area contributed by atoms with E-state index in [1.54, 1.807) is 13.0 Å². The second-order valence-electron chi connectivity index (χ2n) is 7.85. The molecule has 2 saturated heterocycles. The number of aromatic nitrogens is 4. The molecular formula is C21H19BrClN7O4. The first-order valence-electron chi connectivity index (χ1n) is 10.4. The average molecular weight is 549 g/mol. The molecule has 4 heterocycles. The molecule has 3 unspecified atom stereocenters. The van der Waals surface area contributed by atoms with Crippen molar-refractivity contribution in [1.82, 2.24) is 19.7 Å². The quantitative estimate of drug-likeness (QED) is 0.225. The maximum absolute atomic E-state index is 11.3. The van der Waals surface area contributed by atoms with Crippen molar-refractivity contribution in [2.45, 2.75) is 43.7 Å². The van der Waals surface area contributed by atoms with E-state index in [0.29, 0.717) is 27.0 Å². The molecule has 34 heavy (non-hydrogen) atoms. The highest BCUT2D eigenvalue weighted by Gasteiger charge is 2.51. The van der Waals surface area contributed by atoms with Crippen molar-refractivity contribution >= 4 is 27.5 Å². The summed E-state index contributed by atoms with van der Waals surface area (Å²) in [6, 6.07) is 10.1. The van der Waals surface area contributed by atoms with E-state index in [4.69, 9.17) is 25.8 Å². The van der Waals surface area contributed by atoms with Gasteiger partial charge < -0.3 is 19.3 Å². The molecule has 0 aliphatic carbocycles. The summed E-state index contributed by atoms with van der Waals surface area (Å²) in [7, 11) is 0. The Balaban J connectivity index is 1.49.